The van der Waals surface area contributed by atoms with E-state index in [9.17, 15) is 18.3 Å². The zero-order valence-corrected chi connectivity index (χ0v) is 7.01. The normalized spacial score (nSPS) is 11.4. The van der Waals surface area contributed by atoms with Crippen LogP contribution < -0.4 is 10.5 Å². The van der Waals surface area contributed by atoms with E-state index < -0.39 is 17.9 Å². The van der Waals surface area contributed by atoms with E-state index in [1.54, 1.807) is 0 Å². The molecule has 6 heteroatoms. The molecule has 0 radical (unpaired) electrons. The lowest BCUT2D eigenvalue weighted by Gasteiger charge is -2.11. The minimum absolute atomic E-state index is 0.0547. The van der Waals surface area contributed by atoms with Crippen LogP contribution in [0.25, 0.3) is 0 Å². The highest BCUT2D eigenvalue weighted by molar-refractivity contribution is 5.45. The third kappa shape index (κ3) is 2.53. The van der Waals surface area contributed by atoms with Crippen molar-refractivity contribution < 1.29 is 23.0 Å². The number of phenols is 1. The second-order valence-corrected chi connectivity index (χ2v) is 2.52. The third-order valence-electron chi connectivity index (χ3n) is 1.53. The van der Waals surface area contributed by atoms with Crippen molar-refractivity contribution in [1.82, 2.24) is 0 Å². The summed E-state index contributed by atoms with van der Waals surface area (Å²) in [5.41, 5.74) is 5.39. The summed E-state index contributed by atoms with van der Waals surface area (Å²) in [5, 5.41) is 9.25. The van der Waals surface area contributed by atoms with Gasteiger partial charge in [0.1, 0.15) is 0 Å². The van der Waals surface area contributed by atoms with E-state index in [2.05, 4.69) is 4.74 Å². The van der Waals surface area contributed by atoms with Gasteiger partial charge in [0.05, 0.1) is 0 Å². The minimum Gasteiger partial charge on any atom is -0.504 e. The zero-order chi connectivity index (χ0) is 10.8. The molecule has 0 aliphatic rings. The van der Waals surface area contributed by atoms with Crippen molar-refractivity contribution in [2.24, 2.45) is 5.73 Å². The third-order valence-corrected chi connectivity index (χ3v) is 1.53. The van der Waals surface area contributed by atoms with Crippen LogP contribution in [0.5, 0.6) is 11.5 Å². The van der Waals surface area contributed by atoms with Crippen molar-refractivity contribution in [2.45, 2.75) is 12.9 Å². The smallest absolute Gasteiger partial charge is 0.504 e. The molecule has 0 saturated heterocycles. The predicted octanol–water partition coefficient (Wildman–Crippen LogP) is 1.75. The second-order valence-electron chi connectivity index (χ2n) is 2.52. The molecule has 1 aromatic rings. The van der Waals surface area contributed by atoms with Gasteiger partial charge in [-0.15, -0.1) is 13.2 Å². The van der Waals surface area contributed by atoms with Crippen LogP contribution in [0.1, 0.15) is 5.56 Å². The zero-order valence-electron chi connectivity index (χ0n) is 7.01. The first-order chi connectivity index (χ1) is 6.44. The van der Waals surface area contributed by atoms with Gasteiger partial charge in [-0.3, -0.25) is 0 Å². The summed E-state index contributed by atoms with van der Waals surface area (Å²) in [4.78, 5) is 0. The molecule has 0 saturated carbocycles. The number of hydrogen-bond donors (Lipinski definition) is 2. The van der Waals surface area contributed by atoms with Crippen LogP contribution in [0.15, 0.2) is 18.2 Å². The van der Waals surface area contributed by atoms with Gasteiger partial charge in [0.15, 0.2) is 11.5 Å². The average Bonchev–Trinajstić information content (AvgIpc) is 2.06. The Balaban J connectivity index is 2.98. The van der Waals surface area contributed by atoms with Gasteiger partial charge < -0.3 is 15.6 Å². The maximum absolute atomic E-state index is 11.8. The summed E-state index contributed by atoms with van der Waals surface area (Å²) in [6, 6.07) is 3.75. The summed E-state index contributed by atoms with van der Waals surface area (Å²) in [6.45, 7) is -0.0547. The van der Waals surface area contributed by atoms with Gasteiger partial charge in [-0.2, -0.15) is 0 Å². The van der Waals surface area contributed by atoms with Gasteiger partial charge in [0.25, 0.3) is 0 Å². The molecule has 0 bridgehead atoms. The van der Waals surface area contributed by atoms with Gasteiger partial charge in [0.2, 0.25) is 0 Å². The lowest BCUT2D eigenvalue weighted by atomic mass is 10.2. The Morgan fingerprint density at radius 2 is 2.00 bits per heavy atom. The van der Waals surface area contributed by atoms with Crippen LogP contribution in [-0.2, 0) is 6.54 Å². The van der Waals surface area contributed by atoms with E-state index in [0.29, 0.717) is 0 Å². The Morgan fingerprint density at radius 1 is 1.36 bits per heavy atom. The van der Waals surface area contributed by atoms with Crippen LogP contribution in [0.3, 0.4) is 0 Å². The quantitative estimate of drug-likeness (QED) is 0.776. The van der Waals surface area contributed by atoms with Crippen molar-refractivity contribution in [1.29, 1.82) is 0 Å². The van der Waals surface area contributed by atoms with Gasteiger partial charge in [-0.1, -0.05) is 12.1 Å². The van der Waals surface area contributed by atoms with Gasteiger partial charge >= 0.3 is 6.36 Å². The number of hydrogen-bond acceptors (Lipinski definition) is 3. The topological polar surface area (TPSA) is 55.5 Å². The molecule has 0 unspecified atom stereocenters. The number of aromatic hydroxyl groups is 1. The molecule has 1 rings (SSSR count). The van der Waals surface area contributed by atoms with Crippen molar-refractivity contribution in [3.05, 3.63) is 23.8 Å². The van der Waals surface area contributed by atoms with Crippen LogP contribution >= 0.6 is 0 Å². The molecule has 0 amide bonds. The number of benzene rings is 1. The second kappa shape index (κ2) is 3.75. The van der Waals surface area contributed by atoms with Crippen LogP contribution in [0.4, 0.5) is 13.2 Å². The highest BCUT2D eigenvalue weighted by Crippen LogP contribution is 2.33. The predicted molar refractivity (Wildman–Crippen MR) is 42.7 cm³/mol. The summed E-state index contributed by atoms with van der Waals surface area (Å²) in [5.74, 6) is -1.22. The molecule has 1 aromatic carbocycles. The summed E-state index contributed by atoms with van der Waals surface area (Å²) < 4.78 is 38.9. The molecule has 0 fully saturated rings. The fraction of sp³-hybridized carbons (Fsp3) is 0.250. The SMILES string of the molecule is NCc1cccc(OC(F)(F)F)c1O. The molecule has 0 aliphatic heterocycles. The molecule has 0 aromatic heterocycles. The highest BCUT2D eigenvalue weighted by atomic mass is 19.4. The number of alkyl halides is 3. The first-order valence-corrected chi connectivity index (χ1v) is 3.70. The first-order valence-electron chi connectivity index (χ1n) is 3.70. The van der Waals surface area contributed by atoms with Crippen molar-refractivity contribution in [2.75, 3.05) is 0 Å². The lowest BCUT2D eigenvalue weighted by Crippen LogP contribution is -2.17. The molecule has 78 valence electrons. The molecular formula is C8H8F3NO2. The molecule has 0 atom stereocenters. The van der Waals surface area contributed by atoms with Crippen LogP contribution in [0, 0.1) is 0 Å². The van der Waals surface area contributed by atoms with Crippen LogP contribution in [-0.4, -0.2) is 11.5 Å². The maximum Gasteiger partial charge on any atom is 0.573 e. The molecule has 0 heterocycles. The van der Waals surface area contributed by atoms with E-state index in [1.165, 1.54) is 12.1 Å². The standard InChI is InChI=1S/C8H8F3NO2/c9-8(10,11)14-6-3-1-2-5(4-12)7(6)13/h1-3,13H,4,12H2. The number of halogens is 3. The summed E-state index contributed by atoms with van der Waals surface area (Å²) in [7, 11) is 0. The van der Waals surface area contributed by atoms with E-state index in [-0.39, 0.29) is 12.1 Å². The van der Waals surface area contributed by atoms with Crippen LogP contribution in [0.2, 0.25) is 0 Å². The lowest BCUT2D eigenvalue weighted by molar-refractivity contribution is -0.275. The molecular weight excluding hydrogens is 199 g/mol. The van der Waals surface area contributed by atoms with Crippen molar-refractivity contribution in [3.8, 4) is 11.5 Å². The number of nitrogens with two attached hydrogens (primary N) is 1. The molecule has 3 nitrogen and oxygen atoms in total. The Hall–Kier alpha value is -1.43. The van der Waals surface area contributed by atoms with E-state index in [1.807, 2.05) is 0 Å². The molecule has 0 aliphatic carbocycles. The van der Waals surface area contributed by atoms with E-state index in [0.717, 1.165) is 6.07 Å². The number of phenolic OH excluding ortho intramolecular Hbond substituents is 1. The minimum atomic E-state index is -4.81. The fourth-order valence-corrected chi connectivity index (χ4v) is 0.940. The van der Waals surface area contributed by atoms with Crippen molar-refractivity contribution in [3.63, 3.8) is 0 Å². The fourth-order valence-electron chi connectivity index (χ4n) is 0.940. The Morgan fingerprint density at radius 3 is 2.50 bits per heavy atom. The Labute approximate surface area is 77.9 Å². The van der Waals surface area contributed by atoms with Crippen molar-refractivity contribution >= 4 is 0 Å². The first kappa shape index (κ1) is 10.6. The largest absolute Gasteiger partial charge is 0.573 e. The molecule has 0 spiro atoms. The Kier molecular flexibility index (Phi) is 2.85. The van der Waals surface area contributed by atoms with Gasteiger partial charge in [0, 0.05) is 12.1 Å². The van der Waals surface area contributed by atoms with Gasteiger partial charge in [-0.05, 0) is 6.07 Å². The van der Waals surface area contributed by atoms with E-state index in [4.69, 9.17) is 5.73 Å². The van der Waals surface area contributed by atoms with E-state index >= 15 is 0 Å². The maximum atomic E-state index is 11.8. The average molecular weight is 207 g/mol. The molecule has 3 N–H and O–H groups in total. The number of ether oxygens (including phenoxy) is 1. The number of para-hydroxylation sites is 1. The Bertz CT molecular complexity index is 325. The summed E-state index contributed by atoms with van der Waals surface area (Å²) >= 11 is 0. The summed E-state index contributed by atoms with van der Waals surface area (Å²) in [6.07, 6.45) is -4.81. The molecule has 14 heavy (non-hydrogen) atoms. The number of rotatable bonds is 2. The highest BCUT2D eigenvalue weighted by Gasteiger charge is 2.32. The van der Waals surface area contributed by atoms with Gasteiger partial charge in [-0.25, -0.2) is 0 Å². The monoisotopic (exact) mass is 207 g/mol.